The minimum atomic E-state index is -1.53. The fourth-order valence-electron chi connectivity index (χ4n) is 1.55. The molecular formula is C13H24OSi. The smallest absolute Gasteiger partial charge is 0.191 e. The van der Waals surface area contributed by atoms with Gasteiger partial charge in [-0.2, -0.15) is 0 Å². The zero-order valence-electron chi connectivity index (χ0n) is 10.8. The molecular weight excluding hydrogens is 200 g/mol. The van der Waals surface area contributed by atoms with Gasteiger partial charge in [0.1, 0.15) is 0 Å². The summed E-state index contributed by atoms with van der Waals surface area (Å²) >= 11 is 0. The summed E-state index contributed by atoms with van der Waals surface area (Å²) in [6.45, 7) is 12.4. The van der Waals surface area contributed by atoms with E-state index in [4.69, 9.17) is 10.8 Å². The highest BCUT2D eigenvalue weighted by Gasteiger charge is 2.38. The Hall–Kier alpha value is -0.263. The molecule has 1 fully saturated rings. The van der Waals surface area contributed by atoms with Crippen LogP contribution in [-0.2, 0) is 4.43 Å². The van der Waals surface area contributed by atoms with Gasteiger partial charge in [-0.05, 0) is 36.9 Å². The molecule has 0 atom stereocenters. The summed E-state index contributed by atoms with van der Waals surface area (Å²) in [5, 5.41) is 0.322. The molecule has 1 aliphatic carbocycles. The summed E-state index contributed by atoms with van der Waals surface area (Å²) in [5.41, 5.74) is 0. The first-order chi connectivity index (χ1) is 6.76. The maximum atomic E-state index is 6.16. The summed E-state index contributed by atoms with van der Waals surface area (Å²) in [7, 11) is -1.53. The Morgan fingerprint density at radius 3 is 2.27 bits per heavy atom. The SMILES string of the molecule is C#CC1CC(CO[Si](C)(C)C(C)(C)C)C1. The Balaban J connectivity index is 2.30. The Morgan fingerprint density at radius 2 is 1.87 bits per heavy atom. The molecule has 0 amide bonds. The molecule has 86 valence electrons. The van der Waals surface area contributed by atoms with Crippen LogP contribution in [0.3, 0.4) is 0 Å². The Labute approximate surface area is 95.7 Å². The number of rotatable bonds is 3. The summed E-state index contributed by atoms with van der Waals surface area (Å²) < 4.78 is 6.16. The first-order valence-corrected chi connectivity index (χ1v) is 8.77. The molecule has 0 bridgehead atoms. The van der Waals surface area contributed by atoms with Gasteiger partial charge in [0.15, 0.2) is 8.32 Å². The zero-order valence-corrected chi connectivity index (χ0v) is 11.8. The molecule has 0 heterocycles. The van der Waals surface area contributed by atoms with E-state index in [0.717, 1.165) is 12.5 Å². The average molecular weight is 224 g/mol. The van der Waals surface area contributed by atoms with Gasteiger partial charge in [-0.25, -0.2) is 0 Å². The Bertz CT molecular complexity index is 251. The van der Waals surface area contributed by atoms with E-state index in [2.05, 4.69) is 39.8 Å². The van der Waals surface area contributed by atoms with Crippen LogP contribution in [-0.4, -0.2) is 14.9 Å². The molecule has 15 heavy (non-hydrogen) atoms. The number of hydrogen-bond acceptors (Lipinski definition) is 1. The largest absolute Gasteiger partial charge is 0.417 e. The molecule has 0 aromatic carbocycles. The van der Waals surface area contributed by atoms with Gasteiger partial charge in [-0.3, -0.25) is 0 Å². The molecule has 1 nitrogen and oxygen atoms in total. The predicted octanol–water partition coefficient (Wildman–Crippen LogP) is 3.67. The molecule has 2 heteroatoms. The van der Waals surface area contributed by atoms with Gasteiger partial charge in [0.05, 0.1) is 0 Å². The van der Waals surface area contributed by atoms with Gasteiger partial charge < -0.3 is 4.43 Å². The summed E-state index contributed by atoms with van der Waals surface area (Å²) in [4.78, 5) is 0. The van der Waals surface area contributed by atoms with Gasteiger partial charge >= 0.3 is 0 Å². The summed E-state index contributed by atoms with van der Waals surface area (Å²) in [6.07, 6.45) is 7.71. The molecule has 0 spiro atoms. The van der Waals surface area contributed by atoms with Crippen molar-refractivity contribution in [1.82, 2.24) is 0 Å². The van der Waals surface area contributed by atoms with Gasteiger partial charge in [-0.15, -0.1) is 12.3 Å². The maximum absolute atomic E-state index is 6.16. The topological polar surface area (TPSA) is 9.23 Å². The van der Waals surface area contributed by atoms with Crippen LogP contribution in [0, 0.1) is 24.2 Å². The molecule has 0 unspecified atom stereocenters. The van der Waals surface area contributed by atoms with Crippen LogP contribution >= 0.6 is 0 Å². The van der Waals surface area contributed by atoms with Crippen molar-refractivity contribution in [3.05, 3.63) is 0 Å². The third-order valence-corrected chi connectivity index (χ3v) is 8.46. The van der Waals surface area contributed by atoms with E-state index in [1.165, 1.54) is 12.8 Å². The Morgan fingerprint density at radius 1 is 1.33 bits per heavy atom. The lowest BCUT2D eigenvalue weighted by atomic mass is 9.76. The summed E-state index contributed by atoms with van der Waals surface area (Å²) in [6, 6.07) is 0. The highest BCUT2D eigenvalue weighted by atomic mass is 28.4. The van der Waals surface area contributed by atoms with Crippen LogP contribution < -0.4 is 0 Å². The number of terminal acetylenes is 1. The molecule has 0 aromatic rings. The van der Waals surface area contributed by atoms with Crippen molar-refractivity contribution in [2.45, 2.75) is 51.7 Å². The molecule has 0 radical (unpaired) electrons. The quantitative estimate of drug-likeness (QED) is 0.525. The van der Waals surface area contributed by atoms with Crippen LogP contribution in [0.25, 0.3) is 0 Å². The zero-order chi connectivity index (χ0) is 11.7. The van der Waals surface area contributed by atoms with E-state index in [1.807, 2.05) is 0 Å². The minimum Gasteiger partial charge on any atom is -0.417 e. The van der Waals surface area contributed by atoms with Crippen molar-refractivity contribution >= 4 is 8.32 Å². The maximum Gasteiger partial charge on any atom is 0.191 e. The molecule has 0 aromatic heterocycles. The third kappa shape index (κ3) is 3.09. The second-order valence-electron chi connectivity index (χ2n) is 6.27. The molecule has 1 aliphatic rings. The monoisotopic (exact) mass is 224 g/mol. The fraction of sp³-hybridized carbons (Fsp3) is 0.846. The second-order valence-corrected chi connectivity index (χ2v) is 11.1. The van der Waals surface area contributed by atoms with Crippen molar-refractivity contribution in [3.8, 4) is 12.3 Å². The molecule has 0 N–H and O–H groups in total. The lowest BCUT2D eigenvalue weighted by Crippen LogP contribution is -2.43. The van der Waals surface area contributed by atoms with E-state index < -0.39 is 8.32 Å². The van der Waals surface area contributed by atoms with Crippen LogP contribution in [0.5, 0.6) is 0 Å². The second kappa shape index (κ2) is 4.31. The van der Waals surface area contributed by atoms with Crippen molar-refractivity contribution in [3.63, 3.8) is 0 Å². The van der Waals surface area contributed by atoms with Crippen molar-refractivity contribution in [2.75, 3.05) is 6.61 Å². The van der Waals surface area contributed by atoms with Gasteiger partial charge in [0.2, 0.25) is 0 Å². The molecule has 1 rings (SSSR count). The molecule has 0 saturated heterocycles. The minimum absolute atomic E-state index is 0.322. The standard InChI is InChI=1S/C13H24OSi/c1-7-11-8-12(9-11)10-14-15(5,6)13(2,3)4/h1,11-12H,8-10H2,2-6H3. The van der Waals surface area contributed by atoms with E-state index in [1.54, 1.807) is 0 Å². The van der Waals surface area contributed by atoms with Crippen LogP contribution in [0.2, 0.25) is 18.1 Å². The summed E-state index contributed by atoms with van der Waals surface area (Å²) in [5.74, 6) is 4.06. The van der Waals surface area contributed by atoms with Gasteiger partial charge in [0.25, 0.3) is 0 Å². The molecule has 1 saturated carbocycles. The highest BCUT2D eigenvalue weighted by molar-refractivity contribution is 6.74. The van der Waals surface area contributed by atoms with Gasteiger partial charge in [-0.1, -0.05) is 20.8 Å². The fourth-order valence-corrected chi connectivity index (χ4v) is 2.64. The van der Waals surface area contributed by atoms with E-state index >= 15 is 0 Å². The normalized spacial score (nSPS) is 26.9. The van der Waals surface area contributed by atoms with Gasteiger partial charge in [0, 0.05) is 12.5 Å². The van der Waals surface area contributed by atoms with E-state index in [-0.39, 0.29) is 0 Å². The third-order valence-electron chi connectivity index (χ3n) is 3.96. The predicted molar refractivity (Wildman–Crippen MR) is 68.2 cm³/mol. The van der Waals surface area contributed by atoms with E-state index in [0.29, 0.717) is 11.0 Å². The van der Waals surface area contributed by atoms with Crippen LogP contribution in [0.15, 0.2) is 0 Å². The average Bonchev–Trinajstić information content (AvgIpc) is 1.99. The van der Waals surface area contributed by atoms with Crippen molar-refractivity contribution in [2.24, 2.45) is 11.8 Å². The first-order valence-electron chi connectivity index (χ1n) is 5.86. The highest BCUT2D eigenvalue weighted by Crippen LogP contribution is 2.39. The van der Waals surface area contributed by atoms with Crippen molar-refractivity contribution in [1.29, 1.82) is 0 Å². The van der Waals surface area contributed by atoms with Crippen LogP contribution in [0.4, 0.5) is 0 Å². The number of hydrogen-bond donors (Lipinski definition) is 0. The lowest BCUT2D eigenvalue weighted by Gasteiger charge is -2.40. The molecule has 0 aliphatic heterocycles. The van der Waals surface area contributed by atoms with E-state index in [9.17, 15) is 0 Å². The first kappa shape index (κ1) is 12.8. The van der Waals surface area contributed by atoms with Crippen LogP contribution in [0.1, 0.15) is 33.6 Å². The lowest BCUT2D eigenvalue weighted by molar-refractivity contribution is 0.139. The Kier molecular flexibility index (Phi) is 3.68. The van der Waals surface area contributed by atoms with Crippen molar-refractivity contribution < 1.29 is 4.43 Å².